The topological polar surface area (TPSA) is 79.5 Å². The molecule has 2 aromatic carbocycles. The number of amides is 2. The summed E-state index contributed by atoms with van der Waals surface area (Å²) in [6.45, 7) is 3.61. The van der Waals surface area contributed by atoms with Gasteiger partial charge in [0.2, 0.25) is 5.91 Å². The molecule has 0 spiro atoms. The van der Waals surface area contributed by atoms with E-state index >= 15 is 0 Å². The molecule has 0 saturated heterocycles. The van der Waals surface area contributed by atoms with E-state index in [2.05, 4.69) is 16.0 Å². The zero-order valence-electron chi connectivity index (χ0n) is 14.3. The predicted octanol–water partition coefficient (Wildman–Crippen LogP) is 3.97. The Morgan fingerprint density at radius 2 is 1.58 bits per heavy atom. The third-order valence-electron chi connectivity index (χ3n) is 3.37. The number of ether oxygens (including phenoxy) is 1. The first-order valence-corrected chi connectivity index (χ1v) is 7.95. The number of anilines is 3. The maximum Gasteiger partial charge on any atom is 0.411 e. The highest BCUT2D eigenvalue weighted by molar-refractivity contribution is 5.96. The van der Waals surface area contributed by atoms with Gasteiger partial charge in [0.15, 0.2) is 11.6 Å². The molecule has 1 atom stereocenters. The minimum atomic E-state index is -1.03. The van der Waals surface area contributed by atoms with Crippen LogP contribution in [0.3, 0.4) is 0 Å². The summed E-state index contributed by atoms with van der Waals surface area (Å²) in [7, 11) is 0. The second-order valence-corrected chi connectivity index (χ2v) is 5.41. The van der Waals surface area contributed by atoms with Crippen LogP contribution >= 0.6 is 0 Å². The highest BCUT2D eigenvalue weighted by Gasteiger charge is 2.14. The van der Waals surface area contributed by atoms with Crippen LogP contribution in [0.15, 0.2) is 42.5 Å². The minimum absolute atomic E-state index is 0.163. The molecule has 2 amide bonds. The van der Waals surface area contributed by atoms with Gasteiger partial charge in [0.05, 0.1) is 6.61 Å². The molecule has 138 valence electrons. The van der Waals surface area contributed by atoms with Gasteiger partial charge >= 0.3 is 6.09 Å². The molecule has 0 fully saturated rings. The molecular weight excluding hydrogens is 344 g/mol. The number of halogens is 2. The van der Waals surface area contributed by atoms with E-state index in [9.17, 15) is 18.4 Å². The Morgan fingerprint density at radius 3 is 2.19 bits per heavy atom. The van der Waals surface area contributed by atoms with E-state index in [1.165, 1.54) is 6.07 Å². The molecule has 6 nitrogen and oxygen atoms in total. The monoisotopic (exact) mass is 363 g/mol. The molecule has 2 rings (SSSR count). The summed E-state index contributed by atoms with van der Waals surface area (Å²) in [4.78, 5) is 23.5. The fourth-order valence-electron chi connectivity index (χ4n) is 2.07. The minimum Gasteiger partial charge on any atom is -0.450 e. The second-order valence-electron chi connectivity index (χ2n) is 5.41. The number of nitrogens with one attached hydrogen (secondary N) is 3. The summed E-state index contributed by atoms with van der Waals surface area (Å²) in [5.41, 5.74) is 1.36. The van der Waals surface area contributed by atoms with Crippen molar-refractivity contribution in [1.29, 1.82) is 0 Å². The zero-order chi connectivity index (χ0) is 19.1. The molecule has 26 heavy (non-hydrogen) atoms. The third-order valence-corrected chi connectivity index (χ3v) is 3.37. The maximum atomic E-state index is 13.2. The molecule has 2 aromatic rings. The van der Waals surface area contributed by atoms with E-state index in [0.717, 1.165) is 12.1 Å². The van der Waals surface area contributed by atoms with Crippen molar-refractivity contribution in [2.75, 3.05) is 22.6 Å². The molecule has 1 unspecified atom stereocenters. The van der Waals surface area contributed by atoms with Gasteiger partial charge in [-0.3, -0.25) is 10.1 Å². The fourth-order valence-corrected chi connectivity index (χ4v) is 2.07. The van der Waals surface area contributed by atoms with Gasteiger partial charge in [0, 0.05) is 23.1 Å². The van der Waals surface area contributed by atoms with E-state index in [1.54, 1.807) is 38.1 Å². The Bertz CT molecular complexity index is 782. The fraction of sp³-hybridized carbons (Fsp3) is 0.222. The van der Waals surface area contributed by atoms with Crippen LogP contribution < -0.4 is 16.0 Å². The average Bonchev–Trinajstić information content (AvgIpc) is 2.60. The molecule has 0 heterocycles. The van der Waals surface area contributed by atoms with Gasteiger partial charge in [-0.1, -0.05) is 0 Å². The van der Waals surface area contributed by atoms with E-state index in [1.807, 2.05) is 0 Å². The number of carbonyl (C=O) groups excluding carboxylic acids is 2. The lowest BCUT2D eigenvalue weighted by molar-refractivity contribution is -0.116. The van der Waals surface area contributed by atoms with E-state index in [0.29, 0.717) is 11.4 Å². The van der Waals surface area contributed by atoms with Gasteiger partial charge in [0.1, 0.15) is 6.04 Å². The summed E-state index contributed by atoms with van der Waals surface area (Å²) in [5.74, 6) is -2.43. The van der Waals surface area contributed by atoms with Crippen LogP contribution in [0.25, 0.3) is 0 Å². The summed E-state index contributed by atoms with van der Waals surface area (Å²) in [5, 5.41) is 8.02. The average molecular weight is 363 g/mol. The highest BCUT2D eigenvalue weighted by atomic mass is 19.2. The molecule has 8 heteroatoms. The van der Waals surface area contributed by atoms with Crippen molar-refractivity contribution < 1.29 is 23.1 Å². The Balaban J connectivity index is 1.91. The summed E-state index contributed by atoms with van der Waals surface area (Å²) in [6, 6.07) is 9.17. The highest BCUT2D eigenvalue weighted by Crippen LogP contribution is 2.16. The van der Waals surface area contributed by atoms with Gasteiger partial charge in [-0.05, 0) is 50.2 Å². The molecule has 0 aromatic heterocycles. The van der Waals surface area contributed by atoms with Gasteiger partial charge < -0.3 is 15.4 Å². The van der Waals surface area contributed by atoms with E-state index in [-0.39, 0.29) is 12.3 Å². The number of benzene rings is 2. The lowest BCUT2D eigenvalue weighted by atomic mass is 10.2. The largest absolute Gasteiger partial charge is 0.450 e. The van der Waals surface area contributed by atoms with Gasteiger partial charge in [-0.15, -0.1) is 0 Å². The molecule has 0 aliphatic rings. The van der Waals surface area contributed by atoms with Crippen molar-refractivity contribution in [2.45, 2.75) is 19.9 Å². The normalized spacial score (nSPS) is 11.4. The van der Waals surface area contributed by atoms with Crippen molar-refractivity contribution in [3.63, 3.8) is 0 Å². The van der Waals surface area contributed by atoms with Crippen molar-refractivity contribution in [2.24, 2.45) is 0 Å². The smallest absolute Gasteiger partial charge is 0.411 e. The first-order valence-electron chi connectivity index (χ1n) is 7.95. The lowest BCUT2D eigenvalue weighted by Crippen LogP contribution is -2.31. The van der Waals surface area contributed by atoms with Crippen LogP contribution in [0.4, 0.5) is 30.6 Å². The second kappa shape index (κ2) is 8.80. The van der Waals surface area contributed by atoms with Crippen LogP contribution in [-0.2, 0) is 9.53 Å². The van der Waals surface area contributed by atoms with Crippen LogP contribution in [0.2, 0.25) is 0 Å². The first-order chi connectivity index (χ1) is 12.4. The Hall–Kier alpha value is -3.16. The van der Waals surface area contributed by atoms with Crippen molar-refractivity contribution >= 4 is 29.1 Å². The lowest BCUT2D eigenvalue weighted by Gasteiger charge is -2.16. The van der Waals surface area contributed by atoms with Crippen LogP contribution in [0.5, 0.6) is 0 Å². The predicted molar refractivity (Wildman–Crippen MR) is 95.2 cm³/mol. The molecule has 0 radical (unpaired) electrons. The Morgan fingerprint density at radius 1 is 0.962 bits per heavy atom. The molecule has 0 aliphatic heterocycles. The molecule has 0 saturated carbocycles. The summed E-state index contributed by atoms with van der Waals surface area (Å²) >= 11 is 0. The van der Waals surface area contributed by atoms with Crippen molar-refractivity contribution in [1.82, 2.24) is 0 Å². The summed E-state index contributed by atoms with van der Waals surface area (Å²) < 4.78 is 30.9. The Kier molecular flexibility index (Phi) is 6.48. The number of rotatable bonds is 6. The van der Waals surface area contributed by atoms with Crippen molar-refractivity contribution in [3.05, 3.63) is 54.1 Å². The Labute approximate surface area is 149 Å². The zero-order valence-corrected chi connectivity index (χ0v) is 14.3. The van der Waals surface area contributed by atoms with E-state index < -0.39 is 29.7 Å². The van der Waals surface area contributed by atoms with Gasteiger partial charge in [-0.2, -0.15) is 0 Å². The first kappa shape index (κ1) is 19.2. The SMILES string of the molecule is CCOC(=O)Nc1ccc(NC(C)C(=O)Nc2ccc(F)c(F)c2)cc1. The molecule has 3 N–H and O–H groups in total. The third kappa shape index (κ3) is 5.44. The number of hydrogen-bond acceptors (Lipinski definition) is 4. The molecular formula is C18H19F2N3O3. The van der Waals surface area contributed by atoms with Crippen molar-refractivity contribution in [3.8, 4) is 0 Å². The van der Waals surface area contributed by atoms with Crippen LogP contribution in [0.1, 0.15) is 13.8 Å². The van der Waals surface area contributed by atoms with Gasteiger partial charge in [-0.25, -0.2) is 13.6 Å². The van der Waals surface area contributed by atoms with E-state index in [4.69, 9.17) is 4.74 Å². The maximum absolute atomic E-state index is 13.2. The summed E-state index contributed by atoms with van der Waals surface area (Å²) in [6.07, 6.45) is -0.549. The standard InChI is InChI=1S/C18H19F2N3O3/c1-3-26-18(25)23-13-6-4-12(5-7-13)21-11(2)17(24)22-14-8-9-15(19)16(20)10-14/h4-11,21H,3H2,1-2H3,(H,22,24)(H,23,25). The van der Waals surface area contributed by atoms with Crippen LogP contribution in [0, 0.1) is 11.6 Å². The van der Waals surface area contributed by atoms with Gasteiger partial charge in [0.25, 0.3) is 0 Å². The molecule has 0 bridgehead atoms. The molecule has 0 aliphatic carbocycles. The number of hydrogen-bond donors (Lipinski definition) is 3. The van der Waals surface area contributed by atoms with Crippen LogP contribution in [-0.4, -0.2) is 24.6 Å². The number of carbonyl (C=O) groups is 2. The quantitative estimate of drug-likeness (QED) is 0.725.